The maximum atomic E-state index is 13.2. The number of aliphatic hydroxyl groups excluding tert-OH is 1. The number of pyridine rings is 1. The van der Waals surface area contributed by atoms with Gasteiger partial charge >= 0.3 is 5.97 Å². The average molecular weight is 439 g/mol. The molecular weight excluding hydrogens is 418 g/mol. The highest BCUT2D eigenvalue weighted by molar-refractivity contribution is 7.17. The van der Waals surface area contributed by atoms with Crippen LogP contribution in [0.5, 0.6) is 0 Å². The second-order valence-corrected chi connectivity index (χ2v) is 9.23. The van der Waals surface area contributed by atoms with E-state index in [9.17, 15) is 24.6 Å². The van der Waals surface area contributed by atoms with Gasteiger partial charge in [-0.25, -0.2) is 4.79 Å². The van der Waals surface area contributed by atoms with Crippen molar-refractivity contribution in [2.75, 3.05) is 13.1 Å². The van der Waals surface area contributed by atoms with Gasteiger partial charge in [0.25, 0.3) is 5.91 Å². The summed E-state index contributed by atoms with van der Waals surface area (Å²) in [6.07, 6.45) is 1.43. The predicted octanol–water partition coefficient (Wildman–Crippen LogP) is 1.83. The summed E-state index contributed by atoms with van der Waals surface area (Å²) >= 11 is 1.35. The van der Waals surface area contributed by atoms with Crippen molar-refractivity contribution >= 4 is 29.1 Å². The number of aliphatic hydroxyl groups is 1. The van der Waals surface area contributed by atoms with Gasteiger partial charge in [-0.05, 0) is 43.2 Å². The van der Waals surface area contributed by atoms with E-state index in [1.165, 1.54) is 16.2 Å². The van der Waals surface area contributed by atoms with Gasteiger partial charge < -0.3 is 20.0 Å². The molecule has 0 bridgehead atoms. The topological polar surface area (TPSA) is 111 Å². The zero-order valence-corrected chi connectivity index (χ0v) is 17.6. The second-order valence-electron chi connectivity index (χ2n) is 8.14. The smallest absolute Gasteiger partial charge is 0.352 e. The summed E-state index contributed by atoms with van der Waals surface area (Å²) in [4.78, 5) is 46.3. The molecule has 2 amide bonds. The third-order valence-corrected chi connectivity index (χ3v) is 7.50. The summed E-state index contributed by atoms with van der Waals surface area (Å²) in [5.41, 5.74) is 1.38. The van der Waals surface area contributed by atoms with Gasteiger partial charge in [0, 0.05) is 25.2 Å². The van der Waals surface area contributed by atoms with E-state index in [2.05, 4.69) is 4.98 Å². The normalized spacial score (nSPS) is 25.7. The first-order valence-corrected chi connectivity index (χ1v) is 11.0. The van der Waals surface area contributed by atoms with Crippen LogP contribution in [-0.2, 0) is 9.59 Å². The van der Waals surface area contributed by atoms with E-state index < -0.39 is 18.0 Å². The molecule has 2 fully saturated rings. The minimum Gasteiger partial charge on any atom is -0.477 e. The van der Waals surface area contributed by atoms with Gasteiger partial charge in [0.1, 0.15) is 5.70 Å². The first kappa shape index (κ1) is 19.9. The average Bonchev–Trinajstić information content (AvgIpc) is 3.35. The van der Waals surface area contributed by atoms with Gasteiger partial charge in [-0.1, -0.05) is 6.07 Å². The van der Waals surface area contributed by atoms with Crippen LogP contribution in [0.4, 0.5) is 0 Å². The van der Waals surface area contributed by atoms with E-state index in [0.29, 0.717) is 23.4 Å². The Bertz CT molecular complexity index is 1110. The van der Waals surface area contributed by atoms with Crippen LogP contribution >= 0.6 is 11.3 Å². The van der Waals surface area contributed by atoms with Gasteiger partial charge in [-0.15, -0.1) is 11.3 Å². The van der Waals surface area contributed by atoms with E-state index in [-0.39, 0.29) is 36.0 Å². The Balaban J connectivity index is 1.40. The molecule has 0 radical (unpaired) electrons. The Kier molecular flexibility index (Phi) is 4.67. The minimum atomic E-state index is -1.16. The van der Waals surface area contributed by atoms with Crippen molar-refractivity contribution in [1.29, 1.82) is 0 Å². The van der Waals surface area contributed by atoms with E-state index >= 15 is 0 Å². The zero-order chi connectivity index (χ0) is 21.9. The summed E-state index contributed by atoms with van der Waals surface area (Å²) in [6.45, 7) is 2.21. The highest BCUT2D eigenvalue weighted by Crippen LogP contribution is 2.50. The summed E-state index contributed by atoms with van der Waals surface area (Å²) in [7, 11) is 0. The van der Waals surface area contributed by atoms with Gasteiger partial charge in [-0.3, -0.25) is 14.6 Å². The number of nitrogens with zero attached hydrogens (tertiary/aromatic N) is 3. The molecule has 4 atom stereocenters. The third kappa shape index (κ3) is 2.99. The lowest BCUT2D eigenvalue weighted by atomic mass is 9.74. The molecule has 0 spiro atoms. The molecule has 2 saturated heterocycles. The van der Waals surface area contributed by atoms with E-state index in [1.54, 1.807) is 24.1 Å². The number of β-lactam (4-membered cyclic amide) rings is 1. The van der Waals surface area contributed by atoms with Crippen LogP contribution in [0.1, 0.15) is 23.0 Å². The van der Waals surface area contributed by atoms with Crippen LogP contribution in [0.15, 0.2) is 47.8 Å². The van der Waals surface area contributed by atoms with Crippen LogP contribution in [-0.4, -0.2) is 68.0 Å². The SMILES string of the molecule is C[C@@H](O)[C@H]1C(=O)N2C(C(=O)O)=C3CN(C(=O)c4ccc(-c5ccccn5)s4)CC[C@@H]3[C@H]12. The molecule has 5 heterocycles. The number of carboxylic acids is 1. The van der Waals surface area contributed by atoms with Gasteiger partial charge in [-0.2, -0.15) is 0 Å². The lowest BCUT2D eigenvalue weighted by Gasteiger charge is -2.47. The Labute approximate surface area is 182 Å². The number of carbonyl (C=O) groups excluding carboxylic acids is 2. The Hall–Kier alpha value is -3.04. The molecule has 0 saturated carbocycles. The molecule has 0 unspecified atom stereocenters. The lowest BCUT2D eigenvalue weighted by Crippen LogP contribution is -2.64. The Morgan fingerprint density at radius 1 is 1.26 bits per heavy atom. The zero-order valence-electron chi connectivity index (χ0n) is 16.8. The molecule has 9 heteroatoms. The van der Waals surface area contributed by atoms with Crippen molar-refractivity contribution in [3.63, 3.8) is 0 Å². The maximum Gasteiger partial charge on any atom is 0.352 e. The van der Waals surface area contributed by atoms with Crippen molar-refractivity contribution in [2.24, 2.45) is 11.8 Å². The quantitative estimate of drug-likeness (QED) is 0.704. The summed E-state index contributed by atoms with van der Waals surface area (Å²) < 4.78 is 0. The minimum absolute atomic E-state index is 0.0187. The molecule has 3 aliphatic rings. The fourth-order valence-corrected chi connectivity index (χ4v) is 5.99. The lowest BCUT2D eigenvalue weighted by molar-refractivity contribution is -0.163. The van der Waals surface area contributed by atoms with Gasteiger partial charge in [0.05, 0.1) is 33.5 Å². The van der Waals surface area contributed by atoms with Crippen LogP contribution < -0.4 is 0 Å². The number of aromatic nitrogens is 1. The van der Waals surface area contributed by atoms with Crippen molar-refractivity contribution in [2.45, 2.75) is 25.5 Å². The number of aliphatic carboxylic acids is 1. The van der Waals surface area contributed by atoms with Gasteiger partial charge in [0.15, 0.2) is 0 Å². The summed E-state index contributed by atoms with van der Waals surface area (Å²) in [6, 6.07) is 8.90. The van der Waals surface area contributed by atoms with E-state index in [4.69, 9.17) is 0 Å². The second kappa shape index (κ2) is 7.28. The number of rotatable bonds is 4. The first-order valence-electron chi connectivity index (χ1n) is 10.2. The number of hydrogen-bond acceptors (Lipinski definition) is 6. The van der Waals surface area contributed by atoms with Gasteiger partial charge in [0.2, 0.25) is 5.91 Å². The number of hydrogen-bond donors (Lipinski definition) is 2. The summed E-state index contributed by atoms with van der Waals surface area (Å²) in [5.74, 6) is -2.40. The molecule has 2 N–H and O–H groups in total. The molecule has 0 aliphatic carbocycles. The van der Waals surface area contributed by atoms with Crippen molar-refractivity contribution in [3.8, 4) is 10.6 Å². The first-order chi connectivity index (χ1) is 14.9. The van der Waals surface area contributed by atoms with Crippen molar-refractivity contribution in [1.82, 2.24) is 14.8 Å². The number of piperidine rings is 1. The van der Waals surface area contributed by atoms with E-state index in [0.717, 1.165) is 10.6 Å². The molecule has 160 valence electrons. The van der Waals surface area contributed by atoms with Crippen molar-refractivity contribution < 1.29 is 24.6 Å². The largest absolute Gasteiger partial charge is 0.477 e. The molecule has 3 aliphatic heterocycles. The highest BCUT2D eigenvalue weighted by Gasteiger charge is 2.61. The molecule has 8 nitrogen and oxygen atoms in total. The van der Waals surface area contributed by atoms with E-state index in [1.807, 2.05) is 24.3 Å². The number of thiophene rings is 1. The molecular formula is C22H21N3O5S. The van der Waals surface area contributed by atoms with Crippen LogP contribution in [0.3, 0.4) is 0 Å². The number of fused-ring (bicyclic) bond motifs is 3. The Morgan fingerprint density at radius 3 is 2.74 bits per heavy atom. The monoisotopic (exact) mass is 439 g/mol. The highest BCUT2D eigenvalue weighted by atomic mass is 32.1. The maximum absolute atomic E-state index is 13.2. The fourth-order valence-electron chi connectivity index (χ4n) is 5.04. The summed E-state index contributed by atoms with van der Waals surface area (Å²) in [5, 5.41) is 19.8. The number of amides is 2. The number of carboxylic acid groups (broad SMARTS) is 1. The van der Waals surface area contributed by atoms with Crippen LogP contribution in [0.25, 0.3) is 10.6 Å². The molecule has 2 aromatic heterocycles. The molecule has 2 aromatic rings. The van der Waals surface area contributed by atoms with Crippen LogP contribution in [0, 0.1) is 11.8 Å². The standard InChI is InChI=1S/C22H21N3O5S/c1-11(26)17-18-12-7-9-24(10-13(12)19(22(29)30)25(18)21(17)28)20(27)16-6-5-15(31-16)14-4-2-3-8-23-14/h2-6,8,11-12,17-18,26H,7,9-10H2,1H3,(H,29,30)/t11-,12+,17-,18-/m1/s1. The predicted molar refractivity (Wildman–Crippen MR) is 112 cm³/mol. The molecule has 0 aromatic carbocycles. The number of carbonyl (C=O) groups is 3. The fraction of sp³-hybridized carbons (Fsp3) is 0.364. The Morgan fingerprint density at radius 2 is 2.06 bits per heavy atom. The van der Waals surface area contributed by atoms with Crippen LogP contribution in [0.2, 0.25) is 0 Å². The van der Waals surface area contributed by atoms with Crippen molar-refractivity contribution in [3.05, 3.63) is 52.7 Å². The number of likely N-dealkylation sites (tertiary alicyclic amines) is 1. The molecule has 5 rings (SSSR count). The third-order valence-electron chi connectivity index (χ3n) is 6.41. The molecule has 31 heavy (non-hydrogen) atoms.